The van der Waals surface area contributed by atoms with Gasteiger partial charge in [-0.15, -0.1) is 24.0 Å². The van der Waals surface area contributed by atoms with Gasteiger partial charge in [0, 0.05) is 37.7 Å². The summed E-state index contributed by atoms with van der Waals surface area (Å²) < 4.78 is 27.9. The molecular formula is C23H27F2IN4O2. The van der Waals surface area contributed by atoms with E-state index in [-0.39, 0.29) is 77.0 Å². The molecule has 4 aliphatic rings. The standard InChI is InChI=1S/C23H26F2N4O2.HI/c1-26-23(28-17-11-14(17)20-15(24)4-2-5-16(20)25)27-8-3-9-29-21(30)18-12-6-7-13(10-12)19(18)22(29)31;/h2,4-7,12-14,17-19H,3,8-11H2,1H3,(H2,26,27,28);1H. The molecule has 2 amide bonds. The minimum absolute atomic E-state index is 0. The van der Waals surface area contributed by atoms with E-state index in [9.17, 15) is 18.4 Å². The molecule has 6 nitrogen and oxygen atoms in total. The number of imide groups is 1. The molecule has 1 aromatic rings. The van der Waals surface area contributed by atoms with Crippen LogP contribution < -0.4 is 10.6 Å². The van der Waals surface area contributed by atoms with Crippen LogP contribution in [0.4, 0.5) is 8.78 Å². The van der Waals surface area contributed by atoms with E-state index in [4.69, 9.17) is 0 Å². The predicted octanol–water partition coefficient (Wildman–Crippen LogP) is 2.80. The van der Waals surface area contributed by atoms with Gasteiger partial charge < -0.3 is 10.6 Å². The molecule has 0 radical (unpaired) electrons. The van der Waals surface area contributed by atoms with Crippen LogP contribution in [0.15, 0.2) is 35.3 Å². The number of nitrogens with one attached hydrogen (secondary N) is 2. The minimum Gasteiger partial charge on any atom is -0.356 e. The van der Waals surface area contributed by atoms with Crippen molar-refractivity contribution in [3.8, 4) is 0 Å². The average Bonchev–Trinajstić information content (AvgIpc) is 3.08. The molecule has 1 aliphatic heterocycles. The number of carbonyl (C=O) groups is 2. The van der Waals surface area contributed by atoms with Crippen LogP contribution in [-0.4, -0.2) is 48.9 Å². The van der Waals surface area contributed by atoms with Crippen LogP contribution in [0.1, 0.15) is 30.7 Å². The first kappa shape index (κ1) is 23.1. The molecule has 2 bridgehead atoms. The zero-order valence-electron chi connectivity index (χ0n) is 17.8. The van der Waals surface area contributed by atoms with Crippen molar-refractivity contribution in [1.29, 1.82) is 0 Å². The van der Waals surface area contributed by atoms with E-state index >= 15 is 0 Å². The summed E-state index contributed by atoms with van der Waals surface area (Å²) >= 11 is 0. The van der Waals surface area contributed by atoms with E-state index in [1.807, 2.05) is 0 Å². The molecular weight excluding hydrogens is 529 g/mol. The Bertz CT molecular complexity index is 934. The zero-order valence-corrected chi connectivity index (χ0v) is 20.1. The summed E-state index contributed by atoms with van der Waals surface area (Å²) in [5.41, 5.74) is 0.121. The van der Waals surface area contributed by atoms with Gasteiger partial charge >= 0.3 is 0 Å². The van der Waals surface area contributed by atoms with Crippen LogP contribution in [0.5, 0.6) is 0 Å². The van der Waals surface area contributed by atoms with Gasteiger partial charge in [-0.1, -0.05) is 18.2 Å². The van der Waals surface area contributed by atoms with Gasteiger partial charge in [0.15, 0.2) is 5.96 Å². The lowest BCUT2D eigenvalue weighted by atomic mass is 9.85. The summed E-state index contributed by atoms with van der Waals surface area (Å²) in [6.45, 7) is 0.920. The Hall–Kier alpha value is -2.04. The lowest BCUT2D eigenvalue weighted by Gasteiger charge is -2.18. The largest absolute Gasteiger partial charge is 0.356 e. The maximum Gasteiger partial charge on any atom is 0.233 e. The van der Waals surface area contributed by atoms with E-state index < -0.39 is 11.6 Å². The third-order valence-electron chi connectivity index (χ3n) is 7.12. The van der Waals surface area contributed by atoms with E-state index in [0.29, 0.717) is 31.9 Å². The SMILES string of the molecule is CN=C(NCCCN1C(=O)C2C3C=CC(C3)C2C1=O)NC1CC1c1c(F)cccc1F.I. The highest BCUT2D eigenvalue weighted by Gasteiger charge is 2.58. The molecule has 6 unspecified atom stereocenters. The Labute approximate surface area is 202 Å². The Kier molecular flexibility index (Phi) is 6.56. The number of guanidine groups is 1. The van der Waals surface area contributed by atoms with Gasteiger partial charge in [0.25, 0.3) is 0 Å². The van der Waals surface area contributed by atoms with Gasteiger partial charge in [-0.25, -0.2) is 8.78 Å². The van der Waals surface area contributed by atoms with Crippen molar-refractivity contribution >= 4 is 41.8 Å². The highest BCUT2D eigenvalue weighted by atomic mass is 127. The smallest absolute Gasteiger partial charge is 0.233 e. The number of hydrogen-bond donors (Lipinski definition) is 2. The van der Waals surface area contributed by atoms with Gasteiger partial charge in [0.2, 0.25) is 11.8 Å². The van der Waals surface area contributed by atoms with Gasteiger partial charge in [-0.2, -0.15) is 0 Å². The maximum absolute atomic E-state index is 14.0. The fourth-order valence-corrected chi connectivity index (χ4v) is 5.54. The van der Waals surface area contributed by atoms with Crippen LogP contribution in [0.3, 0.4) is 0 Å². The first-order valence-corrected chi connectivity index (χ1v) is 10.9. The fourth-order valence-electron chi connectivity index (χ4n) is 5.54. The summed E-state index contributed by atoms with van der Waals surface area (Å²) in [5, 5.41) is 6.36. The van der Waals surface area contributed by atoms with Crippen molar-refractivity contribution in [2.24, 2.45) is 28.7 Å². The molecule has 2 saturated carbocycles. The molecule has 0 aromatic heterocycles. The average molecular weight is 556 g/mol. The Morgan fingerprint density at radius 1 is 1.09 bits per heavy atom. The van der Waals surface area contributed by atoms with Gasteiger partial charge in [-0.05, 0) is 43.2 Å². The molecule has 3 aliphatic carbocycles. The van der Waals surface area contributed by atoms with Crippen molar-refractivity contribution in [1.82, 2.24) is 15.5 Å². The molecule has 1 heterocycles. The monoisotopic (exact) mass is 556 g/mol. The van der Waals surface area contributed by atoms with Crippen LogP contribution in [0.2, 0.25) is 0 Å². The summed E-state index contributed by atoms with van der Waals surface area (Å²) in [5.74, 6) is -0.636. The Morgan fingerprint density at radius 3 is 2.31 bits per heavy atom. The van der Waals surface area contributed by atoms with Gasteiger partial charge in [0.05, 0.1) is 11.8 Å². The predicted molar refractivity (Wildman–Crippen MR) is 126 cm³/mol. The number of aliphatic imine (C=N–C) groups is 1. The number of carbonyl (C=O) groups excluding carboxylic acids is 2. The number of hydrogen-bond acceptors (Lipinski definition) is 3. The maximum atomic E-state index is 14.0. The molecule has 9 heteroatoms. The van der Waals surface area contributed by atoms with Crippen LogP contribution in [-0.2, 0) is 9.59 Å². The second-order valence-electron chi connectivity index (χ2n) is 8.91. The molecule has 2 N–H and O–H groups in total. The van der Waals surface area contributed by atoms with Crippen molar-refractivity contribution < 1.29 is 18.4 Å². The van der Waals surface area contributed by atoms with Crippen molar-refractivity contribution in [2.45, 2.75) is 31.2 Å². The van der Waals surface area contributed by atoms with E-state index in [2.05, 4.69) is 27.8 Å². The van der Waals surface area contributed by atoms with E-state index in [1.54, 1.807) is 7.05 Å². The van der Waals surface area contributed by atoms with E-state index in [0.717, 1.165) is 6.42 Å². The van der Waals surface area contributed by atoms with Crippen molar-refractivity contribution in [3.63, 3.8) is 0 Å². The minimum atomic E-state index is -0.523. The fraction of sp³-hybridized carbons (Fsp3) is 0.522. The molecule has 172 valence electrons. The molecule has 1 aromatic carbocycles. The number of halogens is 3. The lowest BCUT2D eigenvalue weighted by Crippen LogP contribution is -2.41. The Morgan fingerprint density at radius 2 is 1.72 bits per heavy atom. The second-order valence-corrected chi connectivity index (χ2v) is 8.91. The molecule has 3 fully saturated rings. The van der Waals surface area contributed by atoms with Crippen LogP contribution in [0.25, 0.3) is 0 Å². The van der Waals surface area contributed by atoms with Gasteiger partial charge in [-0.3, -0.25) is 19.5 Å². The lowest BCUT2D eigenvalue weighted by molar-refractivity contribution is -0.140. The number of rotatable bonds is 6. The number of nitrogens with zero attached hydrogens (tertiary/aromatic N) is 2. The Balaban J connectivity index is 0.00000245. The van der Waals surface area contributed by atoms with Gasteiger partial charge in [0.1, 0.15) is 11.6 Å². The third-order valence-corrected chi connectivity index (χ3v) is 7.12. The summed E-state index contributed by atoms with van der Waals surface area (Å²) in [4.78, 5) is 31.0. The summed E-state index contributed by atoms with van der Waals surface area (Å²) in [7, 11) is 1.63. The normalized spacial score (nSPS) is 32.2. The summed E-state index contributed by atoms with van der Waals surface area (Å²) in [6.07, 6.45) is 6.36. The number of likely N-dealkylation sites (tertiary alicyclic amines) is 1. The second kappa shape index (κ2) is 9.07. The third kappa shape index (κ3) is 3.92. The molecule has 6 atom stereocenters. The summed E-state index contributed by atoms with van der Waals surface area (Å²) in [6, 6.07) is 3.83. The number of fused-ring (bicyclic) bond motifs is 5. The quantitative estimate of drug-likeness (QED) is 0.141. The molecule has 5 rings (SSSR count). The van der Waals surface area contributed by atoms with Crippen LogP contribution in [0, 0.1) is 35.3 Å². The molecule has 1 saturated heterocycles. The number of benzene rings is 1. The first-order valence-electron chi connectivity index (χ1n) is 10.9. The molecule has 0 spiro atoms. The number of amides is 2. The van der Waals surface area contributed by atoms with E-state index in [1.165, 1.54) is 23.1 Å². The topological polar surface area (TPSA) is 73.8 Å². The first-order chi connectivity index (χ1) is 15.0. The molecule has 32 heavy (non-hydrogen) atoms. The van der Waals surface area contributed by atoms with Crippen molar-refractivity contribution in [3.05, 3.63) is 47.5 Å². The van der Waals surface area contributed by atoms with Crippen LogP contribution >= 0.6 is 24.0 Å². The highest BCUT2D eigenvalue weighted by molar-refractivity contribution is 14.0. The zero-order chi connectivity index (χ0) is 21.7. The van der Waals surface area contributed by atoms with Crippen molar-refractivity contribution in [2.75, 3.05) is 20.1 Å². The highest BCUT2D eigenvalue weighted by Crippen LogP contribution is 2.52. The number of allylic oxidation sites excluding steroid dienone is 2.